The number of benzene rings is 1. The first kappa shape index (κ1) is 18.6. The first-order valence-corrected chi connectivity index (χ1v) is 9.91. The second-order valence-electron chi connectivity index (χ2n) is 6.82. The van der Waals surface area contributed by atoms with Crippen molar-refractivity contribution in [2.24, 2.45) is 0 Å². The summed E-state index contributed by atoms with van der Waals surface area (Å²) < 4.78 is 2.07. The molecule has 0 aliphatic carbocycles. The number of pyridine rings is 1. The number of fused-ring (bicyclic) bond motifs is 1. The molecule has 4 rings (SSSR count). The Morgan fingerprint density at radius 3 is 2.61 bits per heavy atom. The molecule has 1 atom stereocenters. The van der Waals surface area contributed by atoms with Crippen LogP contribution >= 0.6 is 15.9 Å². The lowest BCUT2D eigenvalue weighted by atomic mass is 10.1. The zero-order valence-electron chi connectivity index (χ0n) is 15.4. The number of nitrogens with zero attached hydrogens (tertiary/aromatic N) is 4. The lowest BCUT2D eigenvalue weighted by Crippen LogP contribution is -2.46. The molecule has 2 aromatic heterocycles. The van der Waals surface area contributed by atoms with Gasteiger partial charge in [-0.15, -0.1) is 0 Å². The van der Waals surface area contributed by atoms with Gasteiger partial charge in [-0.3, -0.25) is 19.1 Å². The van der Waals surface area contributed by atoms with Crippen molar-refractivity contribution < 1.29 is 4.79 Å². The molecule has 1 aliphatic heterocycles. The van der Waals surface area contributed by atoms with Gasteiger partial charge in [0, 0.05) is 36.1 Å². The number of rotatable bonds is 4. The topological polar surface area (TPSA) is 68.1 Å². The van der Waals surface area contributed by atoms with E-state index in [0.29, 0.717) is 28.2 Å². The van der Waals surface area contributed by atoms with Gasteiger partial charge in [-0.05, 0) is 41.4 Å². The van der Waals surface area contributed by atoms with Gasteiger partial charge in [0.15, 0.2) is 5.78 Å². The molecule has 0 saturated heterocycles. The van der Waals surface area contributed by atoms with Crippen LogP contribution in [0.1, 0.15) is 23.7 Å². The van der Waals surface area contributed by atoms with Gasteiger partial charge in [0.2, 0.25) is 5.95 Å². The fraction of sp³-hybridized carbons (Fsp3) is 0.238. The summed E-state index contributed by atoms with van der Waals surface area (Å²) in [5, 5.41) is 0. The van der Waals surface area contributed by atoms with Gasteiger partial charge in [0.05, 0.1) is 12.2 Å². The minimum absolute atomic E-state index is 0.00327. The summed E-state index contributed by atoms with van der Waals surface area (Å²) in [4.78, 5) is 36.5. The predicted octanol–water partition coefficient (Wildman–Crippen LogP) is 3.55. The number of carbonyl (C=O) groups excluding carboxylic acids is 1. The van der Waals surface area contributed by atoms with E-state index in [9.17, 15) is 9.59 Å². The van der Waals surface area contributed by atoms with Crippen LogP contribution in [0.2, 0.25) is 0 Å². The molecule has 0 spiro atoms. The number of Topliss-reactive ketones (excluding diaryl/α,β-unsaturated/α-hetero) is 1. The second kappa shape index (κ2) is 7.67. The van der Waals surface area contributed by atoms with Gasteiger partial charge in [-0.2, -0.15) is 0 Å². The van der Waals surface area contributed by atoms with E-state index in [-0.39, 0.29) is 23.9 Å². The molecule has 0 radical (unpaired) electrons. The summed E-state index contributed by atoms with van der Waals surface area (Å²) in [5.74, 6) is 0.534. The van der Waals surface area contributed by atoms with E-state index in [4.69, 9.17) is 4.98 Å². The molecule has 28 heavy (non-hydrogen) atoms. The van der Waals surface area contributed by atoms with Gasteiger partial charge in [-0.1, -0.05) is 30.3 Å². The molecule has 0 bridgehead atoms. The highest BCUT2D eigenvalue weighted by atomic mass is 79.9. The molecule has 6 nitrogen and oxygen atoms in total. The summed E-state index contributed by atoms with van der Waals surface area (Å²) in [6, 6.07) is 12.9. The third-order valence-electron chi connectivity index (χ3n) is 5.02. The minimum atomic E-state index is -0.138. The Morgan fingerprint density at radius 2 is 1.89 bits per heavy atom. The molecular weight excluding hydrogens is 420 g/mol. The van der Waals surface area contributed by atoms with Crippen LogP contribution in [-0.4, -0.2) is 32.9 Å². The van der Waals surface area contributed by atoms with E-state index >= 15 is 0 Å². The standard InChI is InChI=1S/C21H19BrN4O2/c1-14-9-12-25-20(28)18(22)19(16-7-10-23-11-8-16)24-21(25)26(14)13-17(27)15-5-3-2-4-6-15/h2-8,10-11,14H,9,12-13H2,1H3. The van der Waals surface area contributed by atoms with Crippen LogP contribution in [0.25, 0.3) is 11.3 Å². The van der Waals surface area contributed by atoms with Crippen molar-refractivity contribution in [2.75, 3.05) is 11.4 Å². The molecule has 1 aromatic carbocycles. The van der Waals surface area contributed by atoms with E-state index in [1.54, 1.807) is 29.1 Å². The Balaban J connectivity index is 1.78. The molecule has 142 valence electrons. The van der Waals surface area contributed by atoms with Crippen LogP contribution < -0.4 is 10.5 Å². The summed E-state index contributed by atoms with van der Waals surface area (Å²) in [6.45, 7) is 2.81. The lowest BCUT2D eigenvalue weighted by Gasteiger charge is -2.36. The summed E-state index contributed by atoms with van der Waals surface area (Å²) in [5.41, 5.74) is 1.88. The molecule has 1 unspecified atom stereocenters. The van der Waals surface area contributed by atoms with Crippen molar-refractivity contribution in [3.05, 3.63) is 75.2 Å². The van der Waals surface area contributed by atoms with Crippen LogP contribution in [0.15, 0.2) is 64.1 Å². The van der Waals surface area contributed by atoms with Crippen molar-refractivity contribution in [1.29, 1.82) is 0 Å². The van der Waals surface area contributed by atoms with Crippen molar-refractivity contribution >= 4 is 27.7 Å². The van der Waals surface area contributed by atoms with Gasteiger partial charge in [0.1, 0.15) is 4.47 Å². The molecule has 3 aromatic rings. The maximum Gasteiger partial charge on any atom is 0.269 e. The zero-order valence-corrected chi connectivity index (χ0v) is 17.0. The highest BCUT2D eigenvalue weighted by Crippen LogP contribution is 2.29. The number of hydrogen-bond acceptors (Lipinski definition) is 5. The Kier molecular flexibility index (Phi) is 5.09. The Bertz CT molecular complexity index is 1070. The molecule has 3 heterocycles. The van der Waals surface area contributed by atoms with E-state index in [2.05, 4.69) is 27.8 Å². The molecule has 7 heteroatoms. The number of halogens is 1. The zero-order chi connectivity index (χ0) is 19.7. The number of carbonyl (C=O) groups is 1. The molecule has 0 fully saturated rings. The number of anilines is 1. The molecular formula is C21H19BrN4O2. The third kappa shape index (κ3) is 3.38. The monoisotopic (exact) mass is 438 g/mol. The van der Waals surface area contributed by atoms with E-state index in [1.165, 1.54) is 0 Å². The number of aromatic nitrogens is 3. The van der Waals surface area contributed by atoms with Gasteiger partial charge in [0.25, 0.3) is 5.56 Å². The van der Waals surface area contributed by atoms with Crippen LogP contribution in [0.4, 0.5) is 5.95 Å². The molecule has 1 aliphatic rings. The molecule has 0 saturated carbocycles. The van der Waals surface area contributed by atoms with Crippen LogP contribution in [0.5, 0.6) is 0 Å². The SMILES string of the molecule is CC1CCn2c(nc(-c3ccncc3)c(Br)c2=O)N1CC(=O)c1ccccc1. The Hall–Kier alpha value is -2.80. The first-order chi connectivity index (χ1) is 13.6. The largest absolute Gasteiger partial charge is 0.332 e. The average Bonchev–Trinajstić information content (AvgIpc) is 2.73. The number of hydrogen-bond donors (Lipinski definition) is 0. The quantitative estimate of drug-likeness (QED) is 0.582. The minimum Gasteiger partial charge on any atom is -0.332 e. The third-order valence-corrected chi connectivity index (χ3v) is 5.73. The van der Waals surface area contributed by atoms with Crippen LogP contribution in [0.3, 0.4) is 0 Å². The second-order valence-corrected chi connectivity index (χ2v) is 7.61. The van der Waals surface area contributed by atoms with Crippen molar-refractivity contribution in [1.82, 2.24) is 14.5 Å². The fourth-order valence-electron chi connectivity index (χ4n) is 3.41. The predicted molar refractivity (Wildman–Crippen MR) is 112 cm³/mol. The highest BCUT2D eigenvalue weighted by Gasteiger charge is 2.29. The van der Waals surface area contributed by atoms with E-state index in [1.807, 2.05) is 35.2 Å². The van der Waals surface area contributed by atoms with Crippen molar-refractivity contribution in [3.63, 3.8) is 0 Å². The van der Waals surface area contributed by atoms with E-state index in [0.717, 1.165) is 12.0 Å². The maximum atomic E-state index is 13.0. The van der Waals surface area contributed by atoms with Crippen LogP contribution in [-0.2, 0) is 6.54 Å². The normalized spacial score (nSPS) is 15.9. The van der Waals surface area contributed by atoms with Gasteiger partial charge in [-0.25, -0.2) is 4.98 Å². The Labute approximate surface area is 171 Å². The van der Waals surface area contributed by atoms with Gasteiger partial charge >= 0.3 is 0 Å². The van der Waals surface area contributed by atoms with Crippen molar-refractivity contribution in [2.45, 2.75) is 25.9 Å². The summed E-state index contributed by atoms with van der Waals surface area (Å²) in [6.07, 6.45) is 4.11. The highest BCUT2D eigenvalue weighted by molar-refractivity contribution is 9.10. The smallest absolute Gasteiger partial charge is 0.269 e. The number of ketones is 1. The molecule has 0 amide bonds. The summed E-state index contributed by atoms with van der Waals surface area (Å²) in [7, 11) is 0. The lowest BCUT2D eigenvalue weighted by molar-refractivity contribution is 0.0994. The van der Waals surface area contributed by atoms with Crippen LogP contribution in [0, 0.1) is 0 Å². The first-order valence-electron chi connectivity index (χ1n) is 9.12. The molecule has 0 N–H and O–H groups in total. The van der Waals surface area contributed by atoms with E-state index < -0.39 is 0 Å². The Morgan fingerprint density at radius 1 is 1.18 bits per heavy atom. The summed E-state index contributed by atoms with van der Waals surface area (Å²) >= 11 is 3.42. The maximum absolute atomic E-state index is 13.0. The fourth-order valence-corrected chi connectivity index (χ4v) is 3.94. The average molecular weight is 439 g/mol. The van der Waals surface area contributed by atoms with Gasteiger partial charge < -0.3 is 4.90 Å². The van der Waals surface area contributed by atoms with Crippen molar-refractivity contribution in [3.8, 4) is 11.3 Å².